The van der Waals surface area contributed by atoms with Gasteiger partial charge in [0.1, 0.15) is 17.6 Å². The summed E-state index contributed by atoms with van der Waals surface area (Å²) < 4.78 is 57.7. The molecule has 0 aliphatic rings. The molecule has 2 rings (SSSR count). The molecule has 1 N–H and O–H groups in total. The predicted molar refractivity (Wildman–Crippen MR) is 71.8 cm³/mol. The smallest absolute Gasteiger partial charge is 0.412 e. The number of hydrogen-bond acceptors (Lipinski definition) is 2. The molecule has 0 amide bonds. The molecule has 1 unspecified atom stereocenters. The second-order valence-electron chi connectivity index (χ2n) is 4.37. The van der Waals surface area contributed by atoms with Crippen LogP contribution in [0.1, 0.15) is 11.6 Å². The summed E-state index contributed by atoms with van der Waals surface area (Å²) in [6, 6.07) is 8.85. The van der Waals surface area contributed by atoms with E-state index in [1.165, 1.54) is 37.4 Å². The molecule has 2 aromatic carbocycles. The number of rotatable bonds is 4. The molecule has 2 aromatic rings. The first-order valence-electron chi connectivity index (χ1n) is 6.13. The highest BCUT2D eigenvalue weighted by molar-refractivity contribution is 5.58. The molecule has 0 saturated carbocycles. The topological polar surface area (TPSA) is 21.3 Å². The Morgan fingerprint density at radius 1 is 1.05 bits per heavy atom. The lowest BCUT2D eigenvalue weighted by Crippen LogP contribution is -2.28. The fourth-order valence-corrected chi connectivity index (χ4v) is 1.94. The van der Waals surface area contributed by atoms with Gasteiger partial charge in [0.05, 0.1) is 12.8 Å². The number of halogens is 4. The van der Waals surface area contributed by atoms with Crippen LogP contribution in [0.3, 0.4) is 0 Å². The van der Waals surface area contributed by atoms with Crippen molar-refractivity contribution in [3.05, 3.63) is 59.9 Å². The minimum Gasteiger partial charge on any atom is -0.494 e. The number of anilines is 1. The van der Waals surface area contributed by atoms with Crippen molar-refractivity contribution in [1.82, 2.24) is 0 Å². The van der Waals surface area contributed by atoms with Crippen molar-refractivity contribution in [2.45, 2.75) is 12.2 Å². The highest BCUT2D eigenvalue weighted by Crippen LogP contribution is 2.38. The summed E-state index contributed by atoms with van der Waals surface area (Å²) in [5, 5.41) is 2.37. The van der Waals surface area contributed by atoms with Gasteiger partial charge < -0.3 is 10.1 Å². The van der Waals surface area contributed by atoms with E-state index in [0.717, 1.165) is 12.1 Å². The van der Waals surface area contributed by atoms with Crippen LogP contribution < -0.4 is 10.1 Å². The molecule has 2 nitrogen and oxygen atoms in total. The van der Waals surface area contributed by atoms with Crippen LogP contribution in [-0.4, -0.2) is 13.3 Å². The van der Waals surface area contributed by atoms with E-state index in [1.54, 1.807) is 6.07 Å². The number of ether oxygens (including phenoxy) is 1. The number of methoxy groups -OCH3 is 1. The van der Waals surface area contributed by atoms with E-state index in [2.05, 4.69) is 5.32 Å². The molecule has 0 saturated heterocycles. The summed E-state index contributed by atoms with van der Waals surface area (Å²) in [7, 11) is 1.27. The van der Waals surface area contributed by atoms with Gasteiger partial charge in [-0.2, -0.15) is 13.2 Å². The van der Waals surface area contributed by atoms with Crippen molar-refractivity contribution in [1.29, 1.82) is 0 Å². The van der Waals surface area contributed by atoms with E-state index in [-0.39, 0.29) is 17.0 Å². The summed E-state index contributed by atoms with van der Waals surface area (Å²) in [6.07, 6.45) is -4.50. The van der Waals surface area contributed by atoms with Gasteiger partial charge in [-0.05, 0) is 17.7 Å². The molecule has 1 atom stereocenters. The molecule has 0 aliphatic carbocycles. The monoisotopic (exact) mass is 299 g/mol. The van der Waals surface area contributed by atoms with Gasteiger partial charge in [-0.15, -0.1) is 0 Å². The van der Waals surface area contributed by atoms with Crippen LogP contribution in [0, 0.1) is 5.82 Å². The van der Waals surface area contributed by atoms with E-state index >= 15 is 0 Å². The van der Waals surface area contributed by atoms with Crippen LogP contribution in [0.4, 0.5) is 23.2 Å². The highest BCUT2D eigenvalue weighted by Gasteiger charge is 2.41. The normalized spacial score (nSPS) is 12.8. The van der Waals surface area contributed by atoms with Gasteiger partial charge in [0.25, 0.3) is 0 Å². The molecule has 0 fully saturated rings. The van der Waals surface area contributed by atoms with Gasteiger partial charge in [-0.3, -0.25) is 0 Å². The minimum atomic E-state index is -4.50. The third-order valence-electron chi connectivity index (χ3n) is 2.92. The third-order valence-corrected chi connectivity index (χ3v) is 2.92. The molecule has 0 bridgehead atoms. The Kier molecular flexibility index (Phi) is 4.35. The molecule has 0 aromatic heterocycles. The Bertz CT molecular complexity index is 598. The van der Waals surface area contributed by atoms with Crippen LogP contribution in [0.15, 0.2) is 48.5 Å². The van der Waals surface area contributed by atoms with E-state index in [9.17, 15) is 17.6 Å². The molecule has 21 heavy (non-hydrogen) atoms. The fraction of sp³-hybridized carbons (Fsp3) is 0.200. The number of nitrogens with one attached hydrogen (secondary N) is 1. The molecular formula is C15H13F4NO. The van der Waals surface area contributed by atoms with Crippen LogP contribution >= 0.6 is 0 Å². The van der Waals surface area contributed by atoms with E-state index in [1.807, 2.05) is 0 Å². The second-order valence-corrected chi connectivity index (χ2v) is 4.37. The van der Waals surface area contributed by atoms with Crippen molar-refractivity contribution < 1.29 is 22.3 Å². The van der Waals surface area contributed by atoms with Gasteiger partial charge in [-0.25, -0.2) is 4.39 Å². The molecule has 0 heterocycles. The largest absolute Gasteiger partial charge is 0.494 e. The van der Waals surface area contributed by atoms with Crippen LogP contribution in [0.5, 0.6) is 5.75 Å². The predicted octanol–water partition coefficient (Wildman–Crippen LogP) is 4.55. The van der Waals surface area contributed by atoms with Gasteiger partial charge >= 0.3 is 6.18 Å². The zero-order chi connectivity index (χ0) is 15.5. The lowest BCUT2D eigenvalue weighted by Gasteiger charge is -2.24. The summed E-state index contributed by atoms with van der Waals surface area (Å²) in [5.74, 6) is -0.569. The lowest BCUT2D eigenvalue weighted by molar-refractivity contribution is -0.144. The number of alkyl halides is 3. The minimum absolute atomic E-state index is 0.0141. The maximum atomic E-state index is 13.2. The molecule has 112 valence electrons. The van der Waals surface area contributed by atoms with Crippen LogP contribution in [0.25, 0.3) is 0 Å². The Balaban J connectivity index is 2.37. The van der Waals surface area contributed by atoms with E-state index in [4.69, 9.17) is 4.74 Å². The summed E-state index contributed by atoms with van der Waals surface area (Å²) in [4.78, 5) is 0. The highest BCUT2D eigenvalue weighted by atomic mass is 19.4. The Hall–Kier alpha value is -2.24. The Labute approximate surface area is 119 Å². The molecular weight excluding hydrogens is 286 g/mol. The molecule has 0 spiro atoms. The van der Waals surface area contributed by atoms with Crippen molar-refractivity contribution in [2.75, 3.05) is 12.4 Å². The standard InChI is InChI=1S/C15H13F4NO/c1-21-13-9-11(16)7-8-12(13)20-14(15(17,18)19)10-5-3-2-4-6-10/h2-9,14,20H,1H3. The first kappa shape index (κ1) is 15.2. The van der Waals surface area contributed by atoms with E-state index < -0.39 is 18.0 Å². The van der Waals surface area contributed by atoms with Gasteiger partial charge in [0, 0.05) is 6.07 Å². The van der Waals surface area contributed by atoms with Crippen LogP contribution in [0.2, 0.25) is 0 Å². The van der Waals surface area contributed by atoms with E-state index in [0.29, 0.717) is 0 Å². The lowest BCUT2D eigenvalue weighted by atomic mass is 10.1. The van der Waals surface area contributed by atoms with Gasteiger partial charge in [-0.1, -0.05) is 30.3 Å². The Morgan fingerprint density at radius 2 is 1.71 bits per heavy atom. The third kappa shape index (κ3) is 3.65. The maximum Gasteiger partial charge on any atom is 0.412 e. The second kappa shape index (κ2) is 6.03. The van der Waals surface area contributed by atoms with Crippen LogP contribution in [-0.2, 0) is 0 Å². The Morgan fingerprint density at radius 3 is 2.29 bits per heavy atom. The fourth-order valence-electron chi connectivity index (χ4n) is 1.94. The molecule has 0 radical (unpaired) electrons. The summed E-state index contributed by atoms with van der Waals surface area (Å²) in [5.41, 5.74) is 0.140. The SMILES string of the molecule is COc1cc(F)ccc1NC(c1ccccc1)C(F)(F)F. The van der Waals surface area contributed by atoms with Crippen molar-refractivity contribution in [2.24, 2.45) is 0 Å². The average molecular weight is 299 g/mol. The first-order valence-corrected chi connectivity index (χ1v) is 6.13. The molecule has 0 aliphatic heterocycles. The zero-order valence-corrected chi connectivity index (χ0v) is 11.1. The van der Waals surface area contributed by atoms with Crippen molar-refractivity contribution in [3.8, 4) is 5.75 Å². The number of hydrogen-bond donors (Lipinski definition) is 1. The quantitative estimate of drug-likeness (QED) is 0.836. The molecule has 6 heteroatoms. The first-order chi connectivity index (χ1) is 9.91. The average Bonchev–Trinajstić information content (AvgIpc) is 2.45. The summed E-state index contributed by atoms with van der Waals surface area (Å²) in [6.45, 7) is 0. The summed E-state index contributed by atoms with van der Waals surface area (Å²) >= 11 is 0. The maximum absolute atomic E-state index is 13.2. The van der Waals surface area contributed by atoms with Crippen molar-refractivity contribution >= 4 is 5.69 Å². The number of benzene rings is 2. The van der Waals surface area contributed by atoms with Gasteiger partial charge in [0.15, 0.2) is 0 Å². The van der Waals surface area contributed by atoms with Crippen molar-refractivity contribution in [3.63, 3.8) is 0 Å². The zero-order valence-electron chi connectivity index (χ0n) is 11.1. The van der Waals surface area contributed by atoms with Gasteiger partial charge in [0.2, 0.25) is 0 Å².